The minimum absolute atomic E-state index is 0.0408. The number of carboxylic acid groups (broad SMARTS) is 1. The molecule has 2 heterocycles. The average Bonchev–Trinajstić information content (AvgIpc) is 3.05. The van der Waals surface area contributed by atoms with Crippen LogP contribution >= 0.6 is 0 Å². The summed E-state index contributed by atoms with van der Waals surface area (Å²) in [5.74, 6) is -1.86. The van der Waals surface area contributed by atoms with Crippen LogP contribution in [0.15, 0.2) is 12.3 Å². The van der Waals surface area contributed by atoms with E-state index < -0.39 is 18.4 Å². The molecule has 0 spiro atoms. The topological polar surface area (TPSA) is 128 Å². The van der Waals surface area contributed by atoms with Gasteiger partial charge in [0.05, 0.1) is 5.52 Å². The van der Waals surface area contributed by atoms with Crippen molar-refractivity contribution in [2.24, 2.45) is 5.92 Å². The normalized spacial score (nSPS) is 14.9. The Balaban J connectivity index is 1.97. The van der Waals surface area contributed by atoms with E-state index in [9.17, 15) is 20.0 Å². The number of aromatic hydroxyl groups is 1. The van der Waals surface area contributed by atoms with Crippen LogP contribution in [0.1, 0.15) is 48.3 Å². The summed E-state index contributed by atoms with van der Waals surface area (Å²) in [6.07, 6.45) is 7.72. The molecule has 0 radical (unpaired) electrons. The molecule has 8 nitrogen and oxygen atoms in total. The first-order valence-electron chi connectivity index (χ1n) is 8.63. The summed E-state index contributed by atoms with van der Waals surface area (Å²) in [4.78, 5) is 26.7. The molecular weight excluding hydrogens is 336 g/mol. The number of fused-ring (bicyclic) bond motifs is 1. The fraction of sp³-hybridized carbons (Fsp3) is 0.444. The maximum Gasteiger partial charge on any atom is 0.322 e. The van der Waals surface area contributed by atoms with E-state index >= 15 is 0 Å². The maximum atomic E-state index is 12.1. The van der Waals surface area contributed by atoms with Crippen LogP contribution < -0.4 is 5.32 Å². The molecule has 0 atom stereocenters. The SMILES string of the molecule is N#Cc1nc(C(=O)NCC(=O)O)c(O)c2ccn(CC3CCCCC3)c12. The molecule has 2 aromatic rings. The van der Waals surface area contributed by atoms with Crippen LogP contribution in [-0.4, -0.2) is 38.2 Å². The number of carboxylic acids is 1. The van der Waals surface area contributed by atoms with Crippen molar-refractivity contribution >= 4 is 22.8 Å². The Morgan fingerprint density at radius 1 is 1.35 bits per heavy atom. The minimum atomic E-state index is -1.21. The van der Waals surface area contributed by atoms with Gasteiger partial charge >= 0.3 is 5.97 Å². The average molecular weight is 356 g/mol. The Morgan fingerprint density at radius 2 is 2.08 bits per heavy atom. The molecule has 0 aromatic carbocycles. The highest BCUT2D eigenvalue weighted by Crippen LogP contribution is 2.32. The number of nitriles is 1. The Hall–Kier alpha value is -3.08. The number of aromatic nitrogens is 2. The highest BCUT2D eigenvalue weighted by molar-refractivity contribution is 6.03. The van der Waals surface area contributed by atoms with Gasteiger partial charge in [0, 0.05) is 18.1 Å². The molecule has 1 fully saturated rings. The van der Waals surface area contributed by atoms with E-state index in [1.165, 1.54) is 19.3 Å². The lowest BCUT2D eigenvalue weighted by molar-refractivity contribution is -0.135. The number of aliphatic carboxylic acids is 1. The summed E-state index contributed by atoms with van der Waals surface area (Å²) in [6, 6.07) is 3.64. The molecule has 26 heavy (non-hydrogen) atoms. The lowest BCUT2D eigenvalue weighted by Crippen LogP contribution is -2.30. The number of rotatable bonds is 5. The molecule has 0 aliphatic heterocycles. The molecule has 8 heteroatoms. The number of carbonyl (C=O) groups excluding carboxylic acids is 1. The van der Waals surface area contributed by atoms with Gasteiger partial charge in [0.15, 0.2) is 17.1 Å². The van der Waals surface area contributed by atoms with Gasteiger partial charge < -0.3 is 20.1 Å². The number of hydrogen-bond acceptors (Lipinski definition) is 5. The van der Waals surface area contributed by atoms with E-state index in [0.717, 1.165) is 19.4 Å². The first-order valence-corrected chi connectivity index (χ1v) is 8.63. The Labute approximate surface area is 150 Å². The molecule has 1 amide bonds. The van der Waals surface area contributed by atoms with Gasteiger partial charge in [0.2, 0.25) is 0 Å². The third kappa shape index (κ3) is 3.47. The smallest absolute Gasteiger partial charge is 0.322 e. The summed E-state index contributed by atoms with van der Waals surface area (Å²) < 4.78 is 1.91. The Morgan fingerprint density at radius 3 is 2.73 bits per heavy atom. The summed E-state index contributed by atoms with van der Waals surface area (Å²) in [5.41, 5.74) is 0.204. The van der Waals surface area contributed by atoms with Crippen molar-refractivity contribution in [3.8, 4) is 11.8 Å². The van der Waals surface area contributed by atoms with Crippen LogP contribution in [0.3, 0.4) is 0 Å². The van der Waals surface area contributed by atoms with E-state index in [1.807, 2.05) is 10.6 Å². The van der Waals surface area contributed by atoms with Crippen molar-refractivity contribution in [2.45, 2.75) is 38.6 Å². The Bertz CT molecular complexity index is 891. The second-order valence-corrected chi connectivity index (χ2v) is 6.58. The first kappa shape index (κ1) is 17.7. The predicted octanol–water partition coefficient (Wildman–Crippen LogP) is 2.01. The van der Waals surface area contributed by atoms with Gasteiger partial charge in [-0.05, 0) is 24.8 Å². The van der Waals surface area contributed by atoms with Gasteiger partial charge in [-0.2, -0.15) is 5.26 Å². The van der Waals surface area contributed by atoms with Gasteiger partial charge in [-0.1, -0.05) is 19.3 Å². The third-order valence-electron chi connectivity index (χ3n) is 4.79. The van der Waals surface area contributed by atoms with Crippen molar-refractivity contribution in [1.29, 1.82) is 5.26 Å². The van der Waals surface area contributed by atoms with E-state index in [0.29, 0.717) is 16.8 Å². The maximum absolute atomic E-state index is 12.1. The molecule has 1 aliphatic carbocycles. The van der Waals surface area contributed by atoms with Gasteiger partial charge in [-0.3, -0.25) is 9.59 Å². The lowest BCUT2D eigenvalue weighted by Gasteiger charge is -2.22. The molecule has 1 saturated carbocycles. The number of pyridine rings is 1. The Kier molecular flexibility index (Phi) is 5.07. The molecule has 136 valence electrons. The minimum Gasteiger partial charge on any atom is -0.505 e. The molecule has 2 aromatic heterocycles. The molecule has 0 saturated heterocycles. The summed E-state index contributed by atoms with van der Waals surface area (Å²) in [6.45, 7) is 0.145. The number of hydrogen-bond donors (Lipinski definition) is 3. The van der Waals surface area contributed by atoms with E-state index in [2.05, 4.69) is 10.3 Å². The van der Waals surface area contributed by atoms with Gasteiger partial charge in [0.1, 0.15) is 12.6 Å². The van der Waals surface area contributed by atoms with E-state index in [1.54, 1.807) is 12.3 Å². The second-order valence-electron chi connectivity index (χ2n) is 6.58. The molecule has 0 bridgehead atoms. The zero-order valence-electron chi connectivity index (χ0n) is 14.2. The third-order valence-corrected chi connectivity index (χ3v) is 4.79. The van der Waals surface area contributed by atoms with Crippen LogP contribution in [0, 0.1) is 17.2 Å². The number of carbonyl (C=O) groups is 2. The predicted molar refractivity (Wildman–Crippen MR) is 92.7 cm³/mol. The fourth-order valence-electron chi connectivity index (χ4n) is 3.55. The van der Waals surface area contributed by atoms with Crippen molar-refractivity contribution in [1.82, 2.24) is 14.9 Å². The van der Waals surface area contributed by atoms with Crippen LogP contribution in [0.25, 0.3) is 10.9 Å². The molecule has 3 N–H and O–H groups in total. The quantitative estimate of drug-likeness (QED) is 0.752. The van der Waals surface area contributed by atoms with Crippen LogP contribution in [0.5, 0.6) is 5.75 Å². The standard InChI is InChI=1S/C18H20N4O4/c19-8-13-16-12(6-7-22(16)10-11-4-2-1-3-5-11)17(25)15(21-13)18(26)20-9-14(23)24/h6-7,11,25H,1-5,9-10H2,(H,20,26)(H,23,24). The van der Waals surface area contributed by atoms with Gasteiger partial charge in [-0.25, -0.2) is 4.98 Å². The van der Waals surface area contributed by atoms with Crippen molar-refractivity contribution in [3.63, 3.8) is 0 Å². The molecule has 1 aliphatic rings. The molecular formula is C18H20N4O4. The number of amides is 1. The van der Waals surface area contributed by atoms with E-state index in [4.69, 9.17) is 5.11 Å². The summed E-state index contributed by atoms with van der Waals surface area (Å²) in [7, 11) is 0. The van der Waals surface area contributed by atoms with Gasteiger partial charge in [-0.15, -0.1) is 0 Å². The van der Waals surface area contributed by atoms with E-state index in [-0.39, 0.29) is 17.1 Å². The molecule has 3 rings (SSSR count). The largest absolute Gasteiger partial charge is 0.505 e. The molecule has 0 unspecified atom stereocenters. The van der Waals surface area contributed by atoms with Gasteiger partial charge in [0.25, 0.3) is 5.91 Å². The zero-order chi connectivity index (χ0) is 18.7. The fourth-order valence-corrected chi connectivity index (χ4v) is 3.55. The van der Waals surface area contributed by atoms with Crippen molar-refractivity contribution in [2.75, 3.05) is 6.54 Å². The first-order chi connectivity index (χ1) is 12.5. The van der Waals surface area contributed by atoms with Crippen LogP contribution in [-0.2, 0) is 11.3 Å². The zero-order valence-corrected chi connectivity index (χ0v) is 14.2. The monoisotopic (exact) mass is 356 g/mol. The highest BCUT2D eigenvalue weighted by atomic mass is 16.4. The van der Waals surface area contributed by atoms with Crippen LogP contribution in [0.2, 0.25) is 0 Å². The number of nitrogens with one attached hydrogen (secondary N) is 1. The summed E-state index contributed by atoms with van der Waals surface area (Å²) in [5, 5.41) is 31.1. The van der Waals surface area contributed by atoms with Crippen molar-refractivity contribution in [3.05, 3.63) is 23.7 Å². The second kappa shape index (κ2) is 7.44. The van der Waals surface area contributed by atoms with Crippen molar-refractivity contribution < 1.29 is 19.8 Å². The lowest BCUT2D eigenvalue weighted by atomic mass is 9.89. The van der Waals surface area contributed by atoms with Crippen LogP contribution in [0.4, 0.5) is 0 Å². The highest BCUT2D eigenvalue weighted by Gasteiger charge is 2.23. The summed E-state index contributed by atoms with van der Waals surface area (Å²) >= 11 is 0. The number of nitrogens with zero attached hydrogens (tertiary/aromatic N) is 3.